The molecule has 0 radical (unpaired) electrons. The number of rotatable bonds is 5. The second kappa shape index (κ2) is 8.28. The summed E-state index contributed by atoms with van der Waals surface area (Å²) in [6.07, 6.45) is 3.92. The minimum Gasteiger partial charge on any atom is -0.482 e. The molecule has 30 heavy (non-hydrogen) atoms. The van der Waals surface area contributed by atoms with Gasteiger partial charge in [-0.2, -0.15) is 0 Å². The number of carbonyl (C=O) groups is 2. The minimum atomic E-state index is -3.83. The number of carbonyl (C=O) groups excluding carboxylic acids is 2. The number of anilines is 2. The summed E-state index contributed by atoms with van der Waals surface area (Å²) in [6, 6.07) is 8.46. The Morgan fingerprint density at radius 1 is 1.20 bits per heavy atom. The van der Waals surface area contributed by atoms with Crippen molar-refractivity contribution in [1.29, 1.82) is 0 Å². The summed E-state index contributed by atoms with van der Waals surface area (Å²) in [4.78, 5) is 23.7. The largest absolute Gasteiger partial charge is 0.482 e. The van der Waals surface area contributed by atoms with E-state index in [9.17, 15) is 18.0 Å². The van der Waals surface area contributed by atoms with E-state index >= 15 is 0 Å². The van der Waals surface area contributed by atoms with Crippen molar-refractivity contribution >= 4 is 44.6 Å². The Morgan fingerprint density at radius 2 is 2.00 bits per heavy atom. The Balaban J connectivity index is 1.46. The van der Waals surface area contributed by atoms with E-state index in [1.807, 2.05) is 12.1 Å². The van der Waals surface area contributed by atoms with Gasteiger partial charge in [0.15, 0.2) is 16.4 Å². The maximum Gasteiger partial charge on any atom is 0.262 e. The number of hydrogen-bond acceptors (Lipinski definition) is 5. The molecular formula is C21H21ClN2O5S. The molecule has 4 rings (SSSR count). The van der Waals surface area contributed by atoms with E-state index in [2.05, 4.69) is 16.7 Å². The molecule has 1 heterocycles. The summed E-state index contributed by atoms with van der Waals surface area (Å²) in [5.74, 6) is -0.860. The van der Waals surface area contributed by atoms with Gasteiger partial charge >= 0.3 is 0 Å². The van der Waals surface area contributed by atoms with Crippen molar-refractivity contribution in [1.82, 2.24) is 0 Å². The Kier molecular flexibility index (Phi) is 5.71. The summed E-state index contributed by atoms with van der Waals surface area (Å²) in [6.45, 7) is -0.197. The molecule has 2 N–H and O–H groups in total. The van der Waals surface area contributed by atoms with Crippen molar-refractivity contribution in [3.8, 4) is 5.75 Å². The number of aryl methyl sites for hydroxylation is 1. The number of halogens is 1. The molecule has 2 aromatic carbocycles. The SMILES string of the molecule is O=C1COc2cc(S(=O)(=O)CCC(=O)Nc3cccc4c3CCCC4)c(Cl)cc2N1. The van der Waals surface area contributed by atoms with Crippen LogP contribution in [0.2, 0.25) is 5.02 Å². The second-order valence-corrected chi connectivity index (χ2v) is 9.87. The molecule has 2 aliphatic rings. The van der Waals surface area contributed by atoms with Gasteiger partial charge in [-0.05, 0) is 48.9 Å². The fraction of sp³-hybridized carbons (Fsp3) is 0.333. The average molecular weight is 449 g/mol. The van der Waals surface area contributed by atoms with Crippen LogP contribution >= 0.6 is 11.6 Å². The molecule has 0 spiro atoms. The third-order valence-electron chi connectivity index (χ3n) is 5.27. The minimum absolute atomic E-state index is 0.0305. The van der Waals surface area contributed by atoms with Gasteiger partial charge < -0.3 is 15.4 Å². The average Bonchev–Trinajstić information content (AvgIpc) is 2.72. The quantitative estimate of drug-likeness (QED) is 0.730. The molecule has 0 bridgehead atoms. The lowest BCUT2D eigenvalue weighted by Gasteiger charge is -2.20. The van der Waals surface area contributed by atoms with Crippen LogP contribution in [0, 0.1) is 0 Å². The summed E-state index contributed by atoms with van der Waals surface area (Å²) in [5.41, 5.74) is 3.45. The number of amides is 2. The number of sulfone groups is 1. The van der Waals surface area contributed by atoms with Gasteiger partial charge in [-0.15, -0.1) is 0 Å². The Labute approximate surface area is 179 Å². The van der Waals surface area contributed by atoms with E-state index in [0.717, 1.165) is 36.9 Å². The van der Waals surface area contributed by atoms with Crippen molar-refractivity contribution < 1.29 is 22.7 Å². The zero-order valence-corrected chi connectivity index (χ0v) is 17.7. The van der Waals surface area contributed by atoms with Gasteiger partial charge in [-0.3, -0.25) is 9.59 Å². The van der Waals surface area contributed by atoms with Crippen LogP contribution in [0.4, 0.5) is 11.4 Å². The monoisotopic (exact) mass is 448 g/mol. The molecule has 1 aliphatic heterocycles. The van der Waals surface area contributed by atoms with Gasteiger partial charge in [0.2, 0.25) is 5.91 Å². The van der Waals surface area contributed by atoms with Crippen molar-refractivity contribution in [2.24, 2.45) is 0 Å². The highest BCUT2D eigenvalue weighted by molar-refractivity contribution is 7.91. The predicted octanol–water partition coefficient (Wildman–Crippen LogP) is 3.35. The van der Waals surface area contributed by atoms with E-state index in [1.165, 1.54) is 17.7 Å². The number of fused-ring (bicyclic) bond motifs is 2. The molecule has 0 atom stereocenters. The standard InChI is InChI=1S/C21H21ClN2O5S/c22-15-10-17-18(29-12-21(26)24-17)11-19(15)30(27,28)9-8-20(25)23-16-7-3-5-13-4-1-2-6-14(13)16/h3,5,7,10-11H,1-2,4,6,8-9,12H2,(H,23,25)(H,24,26). The van der Waals surface area contributed by atoms with Crippen molar-refractivity contribution in [3.05, 3.63) is 46.5 Å². The van der Waals surface area contributed by atoms with Crippen LogP contribution < -0.4 is 15.4 Å². The zero-order valence-electron chi connectivity index (χ0n) is 16.2. The van der Waals surface area contributed by atoms with Gasteiger partial charge in [-0.1, -0.05) is 23.7 Å². The maximum absolute atomic E-state index is 12.8. The van der Waals surface area contributed by atoms with Gasteiger partial charge in [0.1, 0.15) is 5.75 Å². The summed E-state index contributed by atoms with van der Waals surface area (Å²) < 4.78 is 30.8. The Bertz CT molecular complexity index is 1130. The third-order valence-corrected chi connectivity index (χ3v) is 7.44. The molecule has 2 amide bonds. The fourth-order valence-corrected chi connectivity index (χ4v) is 5.60. The van der Waals surface area contributed by atoms with Crippen molar-refractivity contribution in [2.45, 2.75) is 37.0 Å². The van der Waals surface area contributed by atoms with E-state index in [0.29, 0.717) is 5.69 Å². The van der Waals surface area contributed by atoms with Gasteiger partial charge in [0.25, 0.3) is 5.91 Å². The Morgan fingerprint density at radius 3 is 2.83 bits per heavy atom. The second-order valence-electron chi connectivity index (χ2n) is 7.38. The van der Waals surface area contributed by atoms with E-state index in [-0.39, 0.29) is 40.5 Å². The highest BCUT2D eigenvalue weighted by Gasteiger charge is 2.25. The number of benzene rings is 2. The predicted molar refractivity (Wildman–Crippen MR) is 114 cm³/mol. The van der Waals surface area contributed by atoms with Crippen LogP contribution in [0.1, 0.15) is 30.4 Å². The smallest absolute Gasteiger partial charge is 0.262 e. The first kappa shape index (κ1) is 20.7. The van der Waals surface area contributed by atoms with Crippen molar-refractivity contribution in [2.75, 3.05) is 23.0 Å². The zero-order chi connectivity index (χ0) is 21.3. The Hall–Kier alpha value is -2.58. The highest BCUT2D eigenvalue weighted by atomic mass is 35.5. The number of hydrogen-bond donors (Lipinski definition) is 2. The van der Waals surface area contributed by atoms with Crippen LogP contribution in [0.25, 0.3) is 0 Å². The van der Waals surface area contributed by atoms with E-state index in [4.69, 9.17) is 16.3 Å². The molecule has 0 fully saturated rings. The molecule has 0 aromatic heterocycles. The first-order valence-electron chi connectivity index (χ1n) is 9.73. The van der Waals surface area contributed by atoms with Crippen LogP contribution in [-0.2, 0) is 32.3 Å². The topological polar surface area (TPSA) is 102 Å². The highest BCUT2D eigenvalue weighted by Crippen LogP contribution is 2.36. The fourth-order valence-electron chi connectivity index (χ4n) is 3.77. The molecule has 9 heteroatoms. The van der Waals surface area contributed by atoms with Crippen LogP contribution in [0.3, 0.4) is 0 Å². The van der Waals surface area contributed by atoms with E-state index in [1.54, 1.807) is 0 Å². The number of nitrogens with one attached hydrogen (secondary N) is 2. The van der Waals surface area contributed by atoms with Crippen molar-refractivity contribution in [3.63, 3.8) is 0 Å². The lowest BCUT2D eigenvalue weighted by molar-refractivity contribution is -0.118. The van der Waals surface area contributed by atoms with E-state index < -0.39 is 15.6 Å². The first-order chi connectivity index (χ1) is 14.3. The van der Waals surface area contributed by atoms with Gasteiger partial charge in [0, 0.05) is 18.2 Å². The lowest BCUT2D eigenvalue weighted by Crippen LogP contribution is -2.25. The summed E-state index contributed by atoms with van der Waals surface area (Å²) in [5, 5.41) is 5.40. The van der Waals surface area contributed by atoms with Crippen LogP contribution in [0.15, 0.2) is 35.2 Å². The molecule has 0 saturated heterocycles. The van der Waals surface area contributed by atoms with Crippen LogP contribution in [0.5, 0.6) is 5.75 Å². The summed E-state index contributed by atoms with van der Waals surface area (Å²) in [7, 11) is -3.83. The van der Waals surface area contributed by atoms with Gasteiger partial charge in [0.05, 0.1) is 21.4 Å². The first-order valence-corrected chi connectivity index (χ1v) is 11.8. The van der Waals surface area contributed by atoms with Crippen LogP contribution in [-0.4, -0.2) is 32.6 Å². The molecule has 158 valence electrons. The summed E-state index contributed by atoms with van der Waals surface area (Å²) >= 11 is 6.13. The molecule has 0 unspecified atom stereocenters. The third kappa shape index (κ3) is 4.29. The molecular weight excluding hydrogens is 428 g/mol. The van der Waals surface area contributed by atoms with Gasteiger partial charge in [-0.25, -0.2) is 8.42 Å². The number of ether oxygens (including phenoxy) is 1. The molecule has 7 nitrogen and oxygen atoms in total. The molecule has 2 aromatic rings. The normalized spacial score (nSPS) is 15.4. The molecule has 1 aliphatic carbocycles. The lowest BCUT2D eigenvalue weighted by atomic mass is 9.90. The maximum atomic E-state index is 12.8. The molecule has 0 saturated carbocycles.